The number of nitrogens with one attached hydrogen (secondary N) is 1. The van der Waals surface area contributed by atoms with E-state index in [1.807, 2.05) is 0 Å². The van der Waals surface area contributed by atoms with E-state index in [1.54, 1.807) is 30.3 Å². The number of ether oxygens (including phenoxy) is 2. The first-order chi connectivity index (χ1) is 9.22. The fourth-order valence-electron chi connectivity index (χ4n) is 1.72. The molecule has 96 valence electrons. The summed E-state index contributed by atoms with van der Waals surface area (Å²) in [5.41, 5.74) is 6.54. The minimum atomic E-state index is -0.258. The van der Waals surface area contributed by atoms with E-state index in [1.165, 1.54) is 6.20 Å². The van der Waals surface area contributed by atoms with Gasteiger partial charge in [-0.3, -0.25) is 4.79 Å². The minimum absolute atomic E-state index is 0.203. The summed E-state index contributed by atoms with van der Waals surface area (Å²) < 4.78 is 10.4. The predicted octanol–water partition coefficient (Wildman–Crippen LogP) is 1.64. The zero-order valence-corrected chi connectivity index (χ0v) is 9.92. The van der Waals surface area contributed by atoms with Gasteiger partial charge in [0.25, 0.3) is 5.91 Å². The molecule has 0 saturated heterocycles. The number of nitrogen functional groups attached to an aromatic ring is 1. The van der Waals surface area contributed by atoms with Gasteiger partial charge in [0.05, 0.1) is 5.56 Å². The number of hydrogen-bond donors (Lipinski definition) is 2. The maximum Gasteiger partial charge on any atom is 0.257 e. The summed E-state index contributed by atoms with van der Waals surface area (Å²) >= 11 is 0. The van der Waals surface area contributed by atoms with Crippen molar-refractivity contribution in [3.05, 3.63) is 42.1 Å². The number of carbonyl (C=O) groups is 1. The summed E-state index contributed by atoms with van der Waals surface area (Å²) in [6.45, 7) is 0.203. The lowest BCUT2D eigenvalue weighted by molar-refractivity contribution is 0.102. The van der Waals surface area contributed by atoms with Crippen LogP contribution in [0.25, 0.3) is 0 Å². The Kier molecular flexibility index (Phi) is 2.68. The highest BCUT2D eigenvalue weighted by molar-refractivity contribution is 6.04. The quantitative estimate of drug-likeness (QED) is 0.854. The Balaban J connectivity index is 1.77. The molecule has 0 spiro atoms. The molecule has 19 heavy (non-hydrogen) atoms. The molecule has 1 aliphatic heterocycles. The first-order valence-electron chi connectivity index (χ1n) is 5.65. The Morgan fingerprint density at radius 3 is 2.84 bits per heavy atom. The van der Waals surface area contributed by atoms with Crippen LogP contribution >= 0.6 is 0 Å². The van der Waals surface area contributed by atoms with Crippen molar-refractivity contribution in [1.29, 1.82) is 0 Å². The molecule has 1 aromatic heterocycles. The van der Waals surface area contributed by atoms with Gasteiger partial charge < -0.3 is 20.5 Å². The maximum atomic E-state index is 12.0. The van der Waals surface area contributed by atoms with Crippen LogP contribution < -0.4 is 20.5 Å². The Morgan fingerprint density at radius 1 is 1.21 bits per heavy atom. The van der Waals surface area contributed by atoms with E-state index < -0.39 is 0 Å². The van der Waals surface area contributed by atoms with E-state index in [0.717, 1.165) is 0 Å². The second-order valence-corrected chi connectivity index (χ2v) is 3.99. The lowest BCUT2D eigenvalue weighted by atomic mass is 10.2. The number of hydrogen-bond acceptors (Lipinski definition) is 5. The SMILES string of the molecule is Nc1ccc(C(=O)Nc2ccc3c(c2)OCO3)cn1. The number of pyridine rings is 1. The summed E-state index contributed by atoms with van der Waals surface area (Å²) in [7, 11) is 0. The number of aromatic nitrogens is 1. The van der Waals surface area contributed by atoms with Crippen molar-refractivity contribution in [2.24, 2.45) is 0 Å². The van der Waals surface area contributed by atoms with Crippen LogP contribution in [0, 0.1) is 0 Å². The number of nitrogens with two attached hydrogens (primary N) is 1. The van der Waals surface area contributed by atoms with Gasteiger partial charge in [-0.15, -0.1) is 0 Å². The average Bonchev–Trinajstić information content (AvgIpc) is 2.87. The molecule has 0 radical (unpaired) electrons. The number of rotatable bonds is 2. The molecule has 0 fully saturated rings. The monoisotopic (exact) mass is 257 g/mol. The third-order valence-electron chi connectivity index (χ3n) is 2.68. The van der Waals surface area contributed by atoms with Gasteiger partial charge in [-0.1, -0.05) is 0 Å². The van der Waals surface area contributed by atoms with Crippen molar-refractivity contribution in [1.82, 2.24) is 4.98 Å². The number of fused-ring (bicyclic) bond motifs is 1. The van der Waals surface area contributed by atoms with Crippen LogP contribution in [0.2, 0.25) is 0 Å². The van der Waals surface area contributed by atoms with Gasteiger partial charge in [0.15, 0.2) is 11.5 Å². The average molecular weight is 257 g/mol. The predicted molar refractivity (Wildman–Crippen MR) is 69.2 cm³/mol. The highest BCUT2D eigenvalue weighted by Crippen LogP contribution is 2.34. The van der Waals surface area contributed by atoms with Crippen LogP contribution in [0.5, 0.6) is 11.5 Å². The van der Waals surface area contributed by atoms with Gasteiger partial charge in [0, 0.05) is 18.0 Å². The number of benzene rings is 1. The van der Waals surface area contributed by atoms with Crippen molar-refractivity contribution >= 4 is 17.4 Å². The molecule has 0 atom stereocenters. The molecule has 6 nitrogen and oxygen atoms in total. The first-order valence-corrected chi connectivity index (χ1v) is 5.65. The molecule has 0 aliphatic carbocycles. The first kappa shape index (κ1) is 11.3. The van der Waals surface area contributed by atoms with Crippen LogP contribution in [0.1, 0.15) is 10.4 Å². The zero-order valence-electron chi connectivity index (χ0n) is 9.92. The van der Waals surface area contributed by atoms with E-state index in [0.29, 0.717) is 28.6 Å². The van der Waals surface area contributed by atoms with Crippen LogP contribution in [-0.2, 0) is 0 Å². The number of amides is 1. The molecule has 1 aromatic carbocycles. The summed E-state index contributed by atoms with van der Waals surface area (Å²) in [5, 5.41) is 2.75. The van der Waals surface area contributed by atoms with Gasteiger partial charge in [-0.2, -0.15) is 0 Å². The van der Waals surface area contributed by atoms with E-state index in [9.17, 15) is 4.79 Å². The second-order valence-electron chi connectivity index (χ2n) is 3.99. The smallest absolute Gasteiger partial charge is 0.257 e. The van der Waals surface area contributed by atoms with Crippen molar-refractivity contribution in [3.8, 4) is 11.5 Å². The third kappa shape index (κ3) is 2.28. The number of carbonyl (C=O) groups excluding carboxylic acids is 1. The highest BCUT2D eigenvalue weighted by Gasteiger charge is 2.14. The number of anilines is 2. The Labute approximate surface area is 109 Å². The molecule has 6 heteroatoms. The van der Waals surface area contributed by atoms with E-state index in [4.69, 9.17) is 15.2 Å². The largest absolute Gasteiger partial charge is 0.454 e. The van der Waals surface area contributed by atoms with E-state index in [-0.39, 0.29) is 12.7 Å². The molecule has 2 aromatic rings. The lowest BCUT2D eigenvalue weighted by Crippen LogP contribution is -2.12. The second kappa shape index (κ2) is 4.49. The van der Waals surface area contributed by atoms with Gasteiger partial charge in [-0.05, 0) is 24.3 Å². The topological polar surface area (TPSA) is 86.5 Å². The number of nitrogens with zero attached hydrogens (tertiary/aromatic N) is 1. The van der Waals surface area contributed by atoms with Gasteiger partial charge in [-0.25, -0.2) is 4.98 Å². The normalized spacial score (nSPS) is 12.2. The van der Waals surface area contributed by atoms with Gasteiger partial charge >= 0.3 is 0 Å². The van der Waals surface area contributed by atoms with Crippen molar-refractivity contribution in [2.45, 2.75) is 0 Å². The summed E-state index contributed by atoms with van der Waals surface area (Å²) in [6, 6.07) is 8.40. The Morgan fingerprint density at radius 2 is 2.05 bits per heavy atom. The molecule has 1 amide bonds. The molecular formula is C13H11N3O3. The molecule has 1 aliphatic rings. The van der Waals surface area contributed by atoms with Crippen molar-refractivity contribution in [2.75, 3.05) is 17.8 Å². The molecule has 0 unspecified atom stereocenters. The van der Waals surface area contributed by atoms with Crippen LogP contribution in [-0.4, -0.2) is 17.7 Å². The maximum absolute atomic E-state index is 12.0. The van der Waals surface area contributed by atoms with Crippen LogP contribution in [0.15, 0.2) is 36.5 Å². The van der Waals surface area contributed by atoms with Gasteiger partial charge in [0.2, 0.25) is 6.79 Å². The standard InChI is InChI=1S/C13H11N3O3/c14-12-4-1-8(6-15-12)13(17)16-9-2-3-10-11(5-9)19-7-18-10/h1-6H,7H2,(H2,14,15)(H,16,17). The van der Waals surface area contributed by atoms with E-state index in [2.05, 4.69) is 10.3 Å². The van der Waals surface area contributed by atoms with Gasteiger partial charge in [0.1, 0.15) is 5.82 Å². The summed E-state index contributed by atoms with van der Waals surface area (Å²) in [4.78, 5) is 15.8. The third-order valence-corrected chi connectivity index (χ3v) is 2.68. The van der Waals surface area contributed by atoms with Crippen molar-refractivity contribution < 1.29 is 14.3 Å². The highest BCUT2D eigenvalue weighted by atomic mass is 16.7. The Bertz CT molecular complexity index is 626. The molecule has 3 rings (SSSR count). The molecule has 0 saturated carbocycles. The van der Waals surface area contributed by atoms with Crippen LogP contribution in [0.4, 0.5) is 11.5 Å². The molecule has 0 bridgehead atoms. The fourth-order valence-corrected chi connectivity index (χ4v) is 1.72. The van der Waals surface area contributed by atoms with Crippen molar-refractivity contribution in [3.63, 3.8) is 0 Å². The summed E-state index contributed by atoms with van der Waals surface area (Å²) in [6.07, 6.45) is 1.43. The minimum Gasteiger partial charge on any atom is -0.454 e. The molecular weight excluding hydrogens is 246 g/mol. The lowest BCUT2D eigenvalue weighted by Gasteiger charge is -2.06. The summed E-state index contributed by atoms with van der Waals surface area (Å²) in [5.74, 6) is 1.41. The van der Waals surface area contributed by atoms with E-state index >= 15 is 0 Å². The fraction of sp³-hybridized carbons (Fsp3) is 0.0769. The molecule has 2 heterocycles. The molecule has 3 N–H and O–H groups in total. The van der Waals surface area contributed by atoms with Crippen LogP contribution in [0.3, 0.4) is 0 Å². The zero-order chi connectivity index (χ0) is 13.2. The Hall–Kier alpha value is -2.76.